The molecule has 15 heteroatoms. The van der Waals surface area contributed by atoms with Crippen LogP contribution in [-0.2, 0) is 20.9 Å². The van der Waals surface area contributed by atoms with E-state index in [0.29, 0.717) is 22.5 Å². The van der Waals surface area contributed by atoms with Gasteiger partial charge in [0.15, 0.2) is 11.5 Å². The zero-order valence-corrected chi connectivity index (χ0v) is 28.2. The molecule has 0 unspecified atom stereocenters. The third-order valence-electron chi connectivity index (χ3n) is 6.44. The molecule has 0 aliphatic carbocycles. The van der Waals surface area contributed by atoms with E-state index >= 15 is 0 Å². The Morgan fingerprint density at radius 2 is 1.72 bits per heavy atom. The van der Waals surface area contributed by atoms with Gasteiger partial charge in [0.05, 0.1) is 35.2 Å². The second-order valence-electron chi connectivity index (χ2n) is 11.4. The number of ether oxygens (including phenoxy) is 3. The second-order valence-corrected chi connectivity index (χ2v) is 14.4. The maximum absolute atomic E-state index is 13.6. The fourth-order valence-corrected chi connectivity index (χ4v) is 5.83. The summed E-state index contributed by atoms with van der Waals surface area (Å²) in [5, 5.41) is 6.17. The number of carbonyl (C=O) groups is 1. The summed E-state index contributed by atoms with van der Waals surface area (Å²) in [5.74, 6) is 0.304. The molecule has 0 aliphatic rings. The summed E-state index contributed by atoms with van der Waals surface area (Å²) in [5.41, 5.74) is 0.426. The zero-order valence-electron chi connectivity index (χ0n) is 26.6. The van der Waals surface area contributed by atoms with Crippen LogP contribution in [-0.4, -0.2) is 56.6 Å². The lowest BCUT2D eigenvalue weighted by atomic mass is 10.1. The Hall–Kier alpha value is -4.47. The molecule has 1 aromatic heterocycles. The first-order valence-corrected chi connectivity index (χ1v) is 16.3. The molecule has 47 heavy (non-hydrogen) atoms. The minimum atomic E-state index is -4.57. The smallest absolute Gasteiger partial charge is 0.493 e. The van der Waals surface area contributed by atoms with E-state index in [1.807, 2.05) is 0 Å². The van der Waals surface area contributed by atoms with Gasteiger partial charge in [-0.3, -0.25) is 0 Å². The summed E-state index contributed by atoms with van der Waals surface area (Å²) in [6.07, 6.45) is -4.05. The Morgan fingerprint density at radius 3 is 2.36 bits per heavy atom. The van der Waals surface area contributed by atoms with Crippen LogP contribution in [0.1, 0.15) is 37.5 Å². The van der Waals surface area contributed by atoms with E-state index < -0.39 is 33.5 Å². The largest absolute Gasteiger partial charge is 0.514 e. The quantitative estimate of drug-likeness (QED) is 0.110. The molecular weight excluding hydrogens is 658 g/mol. The van der Waals surface area contributed by atoms with Gasteiger partial charge in [-0.15, -0.1) is 11.3 Å². The number of carbonyl (C=O) groups excluding carboxylic acids is 1. The molecule has 4 rings (SSSR count). The number of halogens is 3. The SMILES string of the molecule is COc1cc(C=Nn2c(-c3cccc(C(F)(F)F)c3)csc2=Nc2cc(S(=O)(=O)N(C)C)ccc2C)ccc1OC(=O)OC(C)(C)C. The zero-order chi connectivity index (χ0) is 34.7. The minimum absolute atomic E-state index is 0.0253. The fourth-order valence-electron chi connectivity index (χ4n) is 4.06. The van der Waals surface area contributed by atoms with Gasteiger partial charge in [0.25, 0.3) is 0 Å². The van der Waals surface area contributed by atoms with Gasteiger partial charge >= 0.3 is 12.3 Å². The molecule has 0 aliphatic heterocycles. The molecular formula is C32H33F3N4O6S2. The van der Waals surface area contributed by atoms with Gasteiger partial charge in [-0.05, 0) is 81.3 Å². The van der Waals surface area contributed by atoms with Gasteiger partial charge < -0.3 is 14.2 Å². The van der Waals surface area contributed by atoms with Crippen molar-refractivity contribution < 1.29 is 40.6 Å². The molecule has 0 radical (unpaired) electrons. The second kappa shape index (κ2) is 13.7. The molecule has 250 valence electrons. The van der Waals surface area contributed by atoms with Crippen LogP contribution in [0.4, 0.5) is 23.7 Å². The topological polar surface area (TPSA) is 112 Å². The number of aromatic nitrogens is 1. The van der Waals surface area contributed by atoms with Crippen molar-refractivity contribution in [2.45, 2.75) is 44.4 Å². The number of hydrogen-bond donors (Lipinski definition) is 0. The average molecular weight is 691 g/mol. The van der Waals surface area contributed by atoms with Crippen molar-refractivity contribution in [1.29, 1.82) is 0 Å². The van der Waals surface area contributed by atoms with E-state index in [2.05, 4.69) is 10.1 Å². The Bertz CT molecular complexity index is 1990. The number of nitrogens with zero attached hydrogens (tertiary/aromatic N) is 4. The molecule has 0 saturated heterocycles. The molecule has 0 bridgehead atoms. The van der Waals surface area contributed by atoms with Gasteiger partial charge in [0.2, 0.25) is 14.8 Å². The molecule has 10 nitrogen and oxygen atoms in total. The molecule has 0 saturated carbocycles. The predicted molar refractivity (Wildman–Crippen MR) is 173 cm³/mol. The van der Waals surface area contributed by atoms with Crippen molar-refractivity contribution in [2.75, 3.05) is 21.2 Å². The van der Waals surface area contributed by atoms with Crippen LogP contribution in [0.2, 0.25) is 0 Å². The predicted octanol–water partition coefficient (Wildman–Crippen LogP) is 7.23. The first kappa shape index (κ1) is 35.4. The Balaban J connectivity index is 1.84. The van der Waals surface area contributed by atoms with E-state index in [4.69, 9.17) is 14.2 Å². The van der Waals surface area contributed by atoms with Crippen LogP contribution in [0.25, 0.3) is 11.3 Å². The lowest BCUT2D eigenvalue weighted by Gasteiger charge is -2.19. The Kier molecular flexibility index (Phi) is 10.3. The molecule has 0 fully saturated rings. The van der Waals surface area contributed by atoms with Gasteiger partial charge in [-0.1, -0.05) is 18.2 Å². The molecule has 0 N–H and O–H groups in total. The van der Waals surface area contributed by atoms with E-state index in [-0.39, 0.29) is 26.8 Å². The minimum Gasteiger partial charge on any atom is -0.493 e. The van der Waals surface area contributed by atoms with Crippen LogP contribution in [0.5, 0.6) is 11.5 Å². The Morgan fingerprint density at radius 1 is 1.00 bits per heavy atom. The number of rotatable bonds is 8. The molecule has 0 spiro atoms. The first-order chi connectivity index (χ1) is 21.9. The van der Waals surface area contributed by atoms with Gasteiger partial charge in [0.1, 0.15) is 5.60 Å². The number of alkyl halides is 3. The summed E-state index contributed by atoms with van der Waals surface area (Å²) in [6.45, 7) is 6.86. The lowest BCUT2D eigenvalue weighted by molar-refractivity contribution is -0.137. The standard InChI is InChI=1S/C32H33F3N4O6S2/c1-20-11-13-24(47(41,42)38(5)6)17-25(20)37-29-39(26(19-46-29)22-9-8-10-23(16-22)32(33,34)35)36-18-21-12-14-27(28(15-21)43-7)44-30(40)45-31(2,3)4/h8-19H,1-7H3. The van der Waals surface area contributed by atoms with Crippen LogP contribution in [0, 0.1) is 6.92 Å². The van der Waals surface area contributed by atoms with Crippen molar-refractivity contribution in [3.05, 3.63) is 87.5 Å². The van der Waals surface area contributed by atoms with Crippen LogP contribution in [0.15, 0.2) is 81.0 Å². The van der Waals surface area contributed by atoms with Crippen molar-refractivity contribution in [2.24, 2.45) is 10.1 Å². The monoisotopic (exact) mass is 690 g/mol. The maximum Gasteiger partial charge on any atom is 0.514 e. The summed E-state index contributed by atoms with van der Waals surface area (Å²) >= 11 is 1.11. The van der Waals surface area contributed by atoms with Gasteiger partial charge in [-0.25, -0.2) is 27.2 Å². The highest BCUT2D eigenvalue weighted by Crippen LogP contribution is 2.33. The van der Waals surface area contributed by atoms with Gasteiger partial charge in [-0.2, -0.15) is 18.3 Å². The van der Waals surface area contributed by atoms with Crippen LogP contribution in [0.3, 0.4) is 0 Å². The van der Waals surface area contributed by atoms with E-state index in [0.717, 1.165) is 27.8 Å². The number of methoxy groups -OCH3 is 1. The van der Waals surface area contributed by atoms with Crippen molar-refractivity contribution in [1.82, 2.24) is 8.98 Å². The molecule has 0 atom stereocenters. The number of thiazole rings is 1. The average Bonchev–Trinajstić information content (AvgIpc) is 3.38. The molecule has 0 amide bonds. The van der Waals surface area contributed by atoms with E-state index in [1.54, 1.807) is 51.3 Å². The molecule has 1 heterocycles. The lowest BCUT2D eigenvalue weighted by Crippen LogP contribution is -2.26. The number of aryl methyl sites for hydroxylation is 1. The number of hydrogen-bond acceptors (Lipinski definition) is 9. The number of benzene rings is 3. The fraction of sp³-hybridized carbons (Fsp3) is 0.281. The van der Waals surface area contributed by atoms with E-state index in [9.17, 15) is 26.4 Å². The highest BCUT2D eigenvalue weighted by molar-refractivity contribution is 7.89. The Labute approximate surface area is 274 Å². The summed E-state index contributed by atoms with van der Waals surface area (Å²) in [7, 11) is 0.459. The van der Waals surface area contributed by atoms with Crippen molar-refractivity contribution >= 4 is 39.4 Å². The third-order valence-corrected chi connectivity index (χ3v) is 9.07. The van der Waals surface area contributed by atoms with E-state index in [1.165, 1.54) is 62.4 Å². The van der Waals surface area contributed by atoms with Crippen molar-refractivity contribution in [3.63, 3.8) is 0 Å². The van der Waals surface area contributed by atoms with Gasteiger partial charge in [0, 0.05) is 25.0 Å². The normalized spacial score (nSPS) is 13.0. The molecule has 4 aromatic rings. The van der Waals surface area contributed by atoms with Crippen molar-refractivity contribution in [3.8, 4) is 22.8 Å². The molecule has 3 aromatic carbocycles. The third kappa shape index (κ3) is 8.67. The highest BCUT2D eigenvalue weighted by Gasteiger charge is 2.31. The van der Waals surface area contributed by atoms with Crippen LogP contribution >= 0.6 is 11.3 Å². The highest BCUT2D eigenvalue weighted by atomic mass is 32.2. The maximum atomic E-state index is 13.6. The summed E-state index contributed by atoms with van der Waals surface area (Å²) in [6, 6.07) is 14.0. The number of sulfonamides is 1. The first-order valence-electron chi connectivity index (χ1n) is 14.0. The summed E-state index contributed by atoms with van der Waals surface area (Å²) < 4.78 is 84.7. The summed E-state index contributed by atoms with van der Waals surface area (Å²) in [4.78, 5) is 17.2. The van der Waals surface area contributed by atoms with Crippen LogP contribution < -0.4 is 14.3 Å².